The van der Waals surface area contributed by atoms with Crippen molar-refractivity contribution in [1.29, 1.82) is 0 Å². The molecule has 29 heavy (non-hydrogen) atoms. The lowest BCUT2D eigenvalue weighted by Crippen LogP contribution is -2.16. The van der Waals surface area contributed by atoms with E-state index in [1.165, 1.54) is 24.3 Å². The van der Waals surface area contributed by atoms with E-state index in [4.69, 9.17) is 8.37 Å². The highest BCUT2D eigenvalue weighted by Gasteiger charge is 2.24. The summed E-state index contributed by atoms with van der Waals surface area (Å²) >= 11 is 0. The van der Waals surface area contributed by atoms with Crippen molar-refractivity contribution in [3.8, 4) is 0 Å². The highest BCUT2D eigenvalue weighted by atomic mass is 32.2. The van der Waals surface area contributed by atoms with Crippen LogP contribution in [0, 0.1) is 0 Å². The molecule has 0 bridgehead atoms. The molecule has 152 valence electrons. The number of hydrogen-bond donors (Lipinski definition) is 0. The highest BCUT2D eigenvalue weighted by Crippen LogP contribution is 2.27. The summed E-state index contributed by atoms with van der Waals surface area (Å²) in [5, 5.41) is 0. The molecule has 0 saturated heterocycles. The maximum Gasteiger partial charge on any atom is 0.297 e. The van der Waals surface area contributed by atoms with Crippen molar-refractivity contribution in [1.82, 2.24) is 0 Å². The molecule has 0 saturated carbocycles. The molecule has 0 heterocycles. The fraction of sp³-hybridized carbons (Fsp3) is 0.143. The van der Waals surface area contributed by atoms with Crippen molar-refractivity contribution in [3.63, 3.8) is 0 Å². The quantitative estimate of drug-likeness (QED) is 0.476. The first-order valence-corrected chi connectivity index (χ1v) is 11.7. The van der Waals surface area contributed by atoms with Crippen LogP contribution >= 0.6 is 0 Å². The van der Waals surface area contributed by atoms with Crippen LogP contribution < -0.4 is 0 Å². The highest BCUT2D eigenvalue weighted by molar-refractivity contribution is 7.87. The zero-order valence-corrected chi connectivity index (χ0v) is 17.1. The SMILES string of the molecule is O=S(=O)(OCCC(OS(=O)(=O)c1ccccc1)c1ccccc1)c1ccccc1. The predicted molar refractivity (Wildman–Crippen MR) is 108 cm³/mol. The maximum atomic E-state index is 12.6. The van der Waals surface area contributed by atoms with Crippen LogP contribution in [0.4, 0.5) is 0 Å². The average molecular weight is 433 g/mol. The van der Waals surface area contributed by atoms with Crippen molar-refractivity contribution >= 4 is 20.2 Å². The van der Waals surface area contributed by atoms with E-state index in [9.17, 15) is 16.8 Å². The molecule has 0 aliphatic heterocycles. The van der Waals surface area contributed by atoms with E-state index in [1.807, 2.05) is 0 Å². The molecule has 1 unspecified atom stereocenters. The summed E-state index contributed by atoms with van der Waals surface area (Å²) in [6.45, 7) is -0.235. The molecule has 3 aromatic carbocycles. The Labute approximate surface area is 171 Å². The van der Waals surface area contributed by atoms with Crippen LogP contribution in [0.2, 0.25) is 0 Å². The van der Waals surface area contributed by atoms with Gasteiger partial charge in [-0.1, -0.05) is 66.7 Å². The largest absolute Gasteiger partial charge is 0.297 e. The summed E-state index contributed by atoms with van der Waals surface area (Å²) in [5.74, 6) is 0. The summed E-state index contributed by atoms with van der Waals surface area (Å²) in [6.07, 6.45) is -0.866. The number of rotatable bonds is 9. The Hall–Kier alpha value is -2.52. The van der Waals surface area contributed by atoms with Gasteiger partial charge in [0.05, 0.1) is 16.4 Å². The summed E-state index contributed by atoms with van der Waals surface area (Å²) in [4.78, 5) is 0.0628. The maximum absolute atomic E-state index is 12.6. The number of benzene rings is 3. The molecule has 1 atom stereocenters. The summed E-state index contributed by atoms with van der Waals surface area (Å²) in [6, 6.07) is 24.3. The van der Waals surface area contributed by atoms with Gasteiger partial charge >= 0.3 is 0 Å². The third kappa shape index (κ3) is 5.74. The minimum Gasteiger partial charge on any atom is -0.266 e. The lowest BCUT2D eigenvalue weighted by atomic mass is 10.1. The van der Waals surface area contributed by atoms with Gasteiger partial charge in [-0.3, -0.25) is 8.37 Å². The smallest absolute Gasteiger partial charge is 0.266 e. The molecule has 0 aromatic heterocycles. The second-order valence-corrected chi connectivity index (χ2v) is 9.33. The van der Waals surface area contributed by atoms with Crippen molar-refractivity contribution in [3.05, 3.63) is 96.6 Å². The van der Waals surface area contributed by atoms with Crippen molar-refractivity contribution in [2.75, 3.05) is 6.61 Å². The molecule has 0 spiro atoms. The number of hydrogen-bond acceptors (Lipinski definition) is 6. The summed E-state index contributed by atoms with van der Waals surface area (Å²) in [5.41, 5.74) is 0.604. The molecule has 6 nitrogen and oxygen atoms in total. The van der Waals surface area contributed by atoms with E-state index >= 15 is 0 Å². The van der Waals surface area contributed by atoms with Crippen molar-refractivity contribution in [2.45, 2.75) is 22.3 Å². The van der Waals surface area contributed by atoms with Crippen molar-refractivity contribution < 1.29 is 25.2 Å². The Bertz CT molecular complexity index is 1110. The van der Waals surface area contributed by atoms with Gasteiger partial charge in [0, 0.05) is 6.42 Å². The Morgan fingerprint density at radius 2 is 1.07 bits per heavy atom. The van der Waals surface area contributed by atoms with Crippen LogP contribution in [0.15, 0.2) is 101 Å². The van der Waals surface area contributed by atoms with E-state index in [1.54, 1.807) is 66.7 Å². The molecule has 8 heteroatoms. The van der Waals surface area contributed by atoms with E-state index in [2.05, 4.69) is 0 Å². The van der Waals surface area contributed by atoms with Crippen LogP contribution in [0.3, 0.4) is 0 Å². The molecular weight excluding hydrogens is 412 g/mol. The van der Waals surface area contributed by atoms with Gasteiger partial charge in [0.15, 0.2) is 0 Å². The molecular formula is C21H20O6S2. The minimum absolute atomic E-state index is 0.0266. The minimum atomic E-state index is -4.03. The standard InChI is InChI=1S/C21H20O6S2/c22-28(23,19-12-6-2-7-13-19)26-17-16-21(18-10-4-1-5-11-18)27-29(24,25)20-14-8-3-9-15-20/h1-15,21H,16-17H2. The molecule has 0 radical (unpaired) electrons. The zero-order chi connectivity index (χ0) is 20.7. The van der Waals surface area contributed by atoms with Crippen LogP contribution in [0.1, 0.15) is 18.1 Å². The van der Waals surface area contributed by atoms with E-state index in [0.717, 1.165) is 0 Å². The molecule has 3 rings (SSSR count). The average Bonchev–Trinajstić information content (AvgIpc) is 2.75. The molecule has 0 fully saturated rings. The summed E-state index contributed by atoms with van der Waals surface area (Å²) < 4.78 is 60.3. The van der Waals surface area contributed by atoms with Crippen LogP contribution in [-0.4, -0.2) is 23.4 Å². The second kappa shape index (κ2) is 9.32. The first kappa shape index (κ1) is 21.2. The topological polar surface area (TPSA) is 86.7 Å². The third-order valence-electron chi connectivity index (χ3n) is 4.10. The van der Waals surface area contributed by atoms with Gasteiger partial charge < -0.3 is 0 Å². The van der Waals surface area contributed by atoms with Gasteiger partial charge in [-0.15, -0.1) is 0 Å². The molecule has 0 aliphatic carbocycles. The fourth-order valence-electron chi connectivity index (χ4n) is 2.65. The first-order chi connectivity index (χ1) is 13.9. The van der Waals surface area contributed by atoms with Gasteiger partial charge in [-0.25, -0.2) is 0 Å². The molecule has 0 amide bonds. The Morgan fingerprint density at radius 3 is 1.59 bits per heavy atom. The van der Waals surface area contributed by atoms with Crippen LogP contribution in [0.5, 0.6) is 0 Å². The molecule has 0 N–H and O–H groups in total. The van der Waals surface area contributed by atoms with Gasteiger partial charge in [0.2, 0.25) is 0 Å². The van der Waals surface area contributed by atoms with Crippen LogP contribution in [-0.2, 0) is 28.6 Å². The Balaban J connectivity index is 1.75. The molecule has 3 aromatic rings. The van der Waals surface area contributed by atoms with E-state index < -0.39 is 26.3 Å². The normalized spacial score (nSPS) is 13.1. The van der Waals surface area contributed by atoms with Crippen LogP contribution in [0.25, 0.3) is 0 Å². The van der Waals surface area contributed by atoms with Crippen molar-refractivity contribution in [2.24, 2.45) is 0 Å². The third-order valence-corrected chi connectivity index (χ3v) is 6.76. The van der Waals surface area contributed by atoms with Gasteiger partial charge in [0.25, 0.3) is 20.2 Å². The van der Waals surface area contributed by atoms with E-state index in [-0.39, 0.29) is 22.8 Å². The Morgan fingerprint density at radius 1 is 0.621 bits per heavy atom. The lowest BCUT2D eigenvalue weighted by Gasteiger charge is -2.18. The summed E-state index contributed by atoms with van der Waals surface area (Å²) in [7, 11) is -7.97. The fourth-order valence-corrected chi connectivity index (χ4v) is 4.71. The predicted octanol–water partition coefficient (Wildman–Crippen LogP) is 3.93. The second-order valence-electron chi connectivity index (χ2n) is 6.14. The van der Waals surface area contributed by atoms with Gasteiger partial charge in [0.1, 0.15) is 6.10 Å². The zero-order valence-electron chi connectivity index (χ0n) is 15.4. The van der Waals surface area contributed by atoms with Gasteiger partial charge in [-0.05, 0) is 29.8 Å². The lowest BCUT2D eigenvalue weighted by molar-refractivity contribution is 0.172. The monoisotopic (exact) mass is 432 g/mol. The molecule has 0 aliphatic rings. The van der Waals surface area contributed by atoms with Gasteiger partial charge in [-0.2, -0.15) is 16.8 Å². The Kier molecular flexibility index (Phi) is 6.81. The first-order valence-electron chi connectivity index (χ1n) is 8.86. The van der Waals surface area contributed by atoms with E-state index in [0.29, 0.717) is 5.56 Å².